The van der Waals surface area contributed by atoms with Gasteiger partial charge in [0.05, 0.1) is 22.5 Å². The smallest absolute Gasteiger partial charge is 0.268 e. The Kier molecular flexibility index (Phi) is 6.44. The minimum atomic E-state index is -3.86. The molecule has 2 N–H and O–H groups in total. The van der Waals surface area contributed by atoms with Gasteiger partial charge >= 0.3 is 0 Å². The van der Waals surface area contributed by atoms with Gasteiger partial charge in [0.25, 0.3) is 27.4 Å². The summed E-state index contributed by atoms with van der Waals surface area (Å²) in [5.41, 5.74) is 2.35. The molecule has 38 heavy (non-hydrogen) atoms. The predicted octanol–water partition coefficient (Wildman–Crippen LogP) is 2.96. The number of nitrogens with one attached hydrogen (secondary N) is 2. The van der Waals surface area contributed by atoms with Gasteiger partial charge in [-0.15, -0.1) is 0 Å². The highest BCUT2D eigenvalue weighted by molar-refractivity contribution is 7.90. The Bertz CT molecular complexity index is 1750. The van der Waals surface area contributed by atoms with Crippen LogP contribution in [0.15, 0.2) is 70.6 Å². The van der Waals surface area contributed by atoms with E-state index in [4.69, 9.17) is 0 Å². The van der Waals surface area contributed by atoms with Crippen LogP contribution in [-0.4, -0.2) is 41.9 Å². The molecular weight excluding hydrogens is 504 g/mol. The molecule has 196 valence electrons. The zero-order valence-corrected chi connectivity index (χ0v) is 22.1. The van der Waals surface area contributed by atoms with Crippen molar-refractivity contribution in [2.24, 2.45) is 0 Å². The predicted molar refractivity (Wildman–Crippen MR) is 144 cm³/mol. The van der Waals surface area contributed by atoms with E-state index in [0.717, 1.165) is 18.4 Å². The summed E-state index contributed by atoms with van der Waals surface area (Å²) >= 11 is 0. The van der Waals surface area contributed by atoms with Crippen molar-refractivity contribution in [1.82, 2.24) is 19.2 Å². The summed E-state index contributed by atoms with van der Waals surface area (Å²) in [4.78, 5) is 38.7. The molecule has 0 atom stereocenters. The highest BCUT2D eigenvalue weighted by atomic mass is 32.2. The van der Waals surface area contributed by atoms with E-state index < -0.39 is 21.5 Å². The molecule has 5 rings (SSSR count). The number of aromatic nitrogens is 2. The molecule has 0 spiro atoms. The van der Waals surface area contributed by atoms with Gasteiger partial charge in [0.15, 0.2) is 0 Å². The molecule has 0 saturated heterocycles. The third-order valence-electron chi connectivity index (χ3n) is 6.72. The highest BCUT2D eigenvalue weighted by Crippen LogP contribution is 2.29. The Morgan fingerprint density at radius 3 is 2.37 bits per heavy atom. The van der Waals surface area contributed by atoms with Crippen LogP contribution in [0.2, 0.25) is 0 Å². The number of aryl methyl sites for hydroxylation is 2. The third kappa shape index (κ3) is 4.63. The highest BCUT2D eigenvalue weighted by Gasteiger charge is 2.26. The van der Waals surface area contributed by atoms with Crippen molar-refractivity contribution in [3.63, 3.8) is 0 Å². The van der Waals surface area contributed by atoms with Gasteiger partial charge in [-0.25, -0.2) is 12.4 Å². The standard InChI is InChI=1S/C28H28N4O5S/c1-17-7-11-22(12-8-17)38(36,37)32-14-18(2)25-19(5-4-6-24(25)32)15-31-16-20(26(33)30-21-9-10-21)13-23(28(31)35)27(34)29-3/h4-8,11-14,16,21H,9-10,15H2,1-3H3,(H,29,34)(H,30,33). The van der Waals surface area contributed by atoms with E-state index in [1.54, 1.807) is 48.7 Å². The van der Waals surface area contributed by atoms with Gasteiger partial charge in [-0.05, 0) is 62.1 Å². The van der Waals surface area contributed by atoms with Crippen LogP contribution in [0.5, 0.6) is 0 Å². The van der Waals surface area contributed by atoms with Crippen molar-refractivity contribution in [1.29, 1.82) is 0 Å². The molecule has 10 heteroatoms. The Morgan fingerprint density at radius 1 is 1.00 bits per heavy atom. The number of fused-ring (bicyclic) bond motifs is 1. The number of amides is 2. The molecule has 9 nitrogen and oxygen atoms in total. The first-order chi connectivity index (χ1) is 18.1. The first kappa shape index (κ1) is 25.5. The van der Waals surface area contributed by atoms with Crippen LogP contribution in [0, 0.1) is 13.8 Å². The van der Waals surface area contributed by atoms with Gasteiger partial charge < -0.3 is 15.2 Å². The number of benzene rings is 2. The van der Waals surface area contributed by atoms with E-state index in [2.05, 4.69) is 10.6 Å². The number of hydrogen-bond donors (Lipinski definition) is 2. The molecule has 1 saturated carbocycles. The van der Waals surface area contributed by atoms with E-state index in [1.165, 1.54) is 27.9 Å². The summed E-state index contributed by atoms with van der Waals surface area (Å²) < 4.78 is 29.5. The lowest BCUT2D eigenvalue weighted by Gasteiger charge is -2.13. The molecule has 2 aromatic carbocycles. The molecule has 4 aromatic rings. The summed E-state index contributed by atoms with van der Waals surface area (Å²) in [6.07, 6.45) is 4.82. The lowest BCUT2D eigenvalue weighted by molar-refractivity contribution is 0.0950. The van der Waals surface area contributed by atoms with Crippen LogP contribution in [-0.2, 0) is 16.6 Å². The SMILES string of the molecule is CNC(=O)c1cc(C(=O)NC2CC2)cn(Cc2cccc3c2c(C)cn3S(=O)(=O)c2ccc(C)cc2)c1=O. The molecule has 2 amide bonds. The van der Waals surface area contributed by atoms with Crippen LogP contribution in [0.4, 0.5) is 0 Å². The minimum absolute atomic E-state index is 0.0418. The van der Waals surface area contributed by atoms with Gasteiger partial charge in [-0.1, -0.05) is 29.8 Å². The quantitative estimate of drug-likeness (QED) is 0.379. The van der Waals surface area contributed by atoms with Crippen molar-refractivity contribution >= 4 is 32.7 Å². The second-order valence-corrected chi connectivity index (χ2v) is 11.5. The fraction of sp³-hybridized carbons (Fsp3) is 0.250. The number of hydrogen-bond acceptors (Lipinski definition) is 5. The van der Waals surface area contributed by atoms with Crippen LogP contribution < -0.4 is 16.2 Å². The second-order valence-electron chi connectivity index (χ2n) is 9.64. The third-order valence-corrected chi connectivity index (χ3v) is 8.41. The Labute approximate surface area is 220 Å². The monoisotopic (exact) mass is 532 g/mol. The summed E-state index contributed by atoms with van der Waals surface area (Å²) in [7, 11) is -2.44. The first-order valence-electron chi connectivity index (χ1n) is 12.3. The number of carbonyl (C=O) groups is 2. The minimum Gasteiger partial charge on any atom is -0.355 e. The van der Waals surface area contributed by atoms with Crippen LogP contribution in [0.3, 0.4) is 0 Å². The van der Waals surface area contributed by atoms with E-state index in [1.807, 2.05) is 13.8 Å². The number of nitrogens with zero attached hydrogens (tertiary/aromatic N) is 2. The summed E-state index contributed by atoms with van der Waals surface area (Å²) in [5, 5.41) is 6.03. The maximum absolute atomic E-state index is 13.5. The Morgan fingerprint density at radius 2 is 1.71 bits per heavy atom. The second kappa shape index (κ2) is 9.60. The largest absolute Gasteiger partial charge is 0.355 e. The molecular formula is C28H28N4O5S. The lowest BCUT2D eigenvalue weighted by atomic mass is 10.1. The van der Waals surface area contributed by atoms with Crippen molar-refractivity contribution in [3.8, 4) is 0 Å². The number of pyridine rings is 1. The molecule has 2 aromatic heterocycles. The van der Waals surface area contributed by atoms with E-state index >= 15 is 0 Å². The molecule has 0 bridgehead atoms. The van der Waals surface area contributed by atoms with E-state index in [-0.39, 0.29) is 34.5 Å². The molecule has 1 aliphatic carbocycles. The van der Waals surface area contributed by atoms with Crippen molar-refractivity contribution in [2.45, 2.75) is 44.2 Å². The maximum Gasteiger partial charge on any atom is 0.268 e. The summed E-state index contributed by atoms with van der Waals surface area (Å²) in [6, 6.07) is 13.3. The van der Waals surface area contributed by atoms with Crippen molar-refractivity contribution in [3.05, 3.63) is 99.1 Å². The summed E-state index contributed by atoms with van der Waals surface area (Å²) in [5.74, 6) is -0.939. The number of rotatable bonds is 7. The van der Waals surface area contributed by atoms with E-state index in [9.17, 15) is 22.8 Å². The van der Waals surface area contributed by atoms with Crippen LogP contribution in [0.1, 0.15) is 50.2 Å². The molecule has 1 aliphatic rings. The average molecular weight is 533 g/mol. The van der Waals surface area contributed by atoms with Crippen molar-refractivity contribution < 1.29 is 18.0 Å². The van der Waals surface area contributed by atoms with Gasteiger partial charge in [0.2, 0.25) is 0 Å². The van der Waals surface area contributed by atoms with Crippen molar-refractivity contribution in [2.75, 3.05) is 7.05 Å². The summed E-state index contributed by atoms with van der Waals surface area (Å²) in [6.45, 7) is 3.74. The van der Waals surface area contributed by atoms with Gasteiger partial charge in [-0.2, -0.15) is 0 Å². The number of carbonyl (C=O) groups excluding carboxylic acids is 2. The first-order valence-corrected chi connectivity index (χ1v) is 13.7. The normalized spacial score (nSPS) is 13.4. The maximum atomic E-state index is 13.5. The molecule has 1 fully saturated rings. The molecule has 0 aliphatic heterocycles. The zero-order chi connectivity index (χ0) is 27.2. The Hall–Kier alpha value is -4.18. The van der Waals surface area contributed by atoms with Crippen LogP contribution >= 0.6 is 0 Å². The van der Waals surface area contributed by atoms with Gasteiger partial charge in [0.1, 0.15) is 5.56 Å². The molecule has 2 heterocycles. The van der Waals surface area contributed by atoms with Crippen LogP contribution in [0.25, 0.3) is 10.9 Å². The van der Waals surface area contributed by atoms with Gasteiger partial charge in [0, 0.05) is 30.9 Å². The molecule has 0 radical (unpaired) electrons. The molecule has 0 unspecified atom stereocenters. The zero-order valence-electron chi connectivity index (χ0n) is 21.3. The fourth-order valence-electron chi connectivity index (χ4n) is 4.54. The topological polar surface area (TPSA) is 119 Å². The van der Waals surface area contributed by atoms with Gasteiger partial charge in [-0.3, -0.25) is 14.4 Å². The van der Waals surface area contributed by atoms with E-state index in [0.29, 0.717) is 22.0 Å². The Balaban J connectivity index is 1.61. The lowest BCUT2D eigenvalue weighted by Crippen LogP contribution is -2.34. The fourth-order valence-corrected chi connectivity index (χ4v) is 5.96. The average Bonchev–Trinajstić information content (AvgIpc) is 3.64.